The summed E-state index contributed by atoms with van der Waals surface area (Å²) in [6.45, 7) is 1.90. The molecule has 2 rings (SSSR count). The van der Waals surface area contributed by atoms with Crippen molar-refractivity contribution in [1.29, 1.82) is 0 Å². The van der Waals surface area contributed by atoms with Crippen molar-refractivity contribution >= 4 is 17.4 Å². The Morgan fingerprint density at radius 2 is 1.53 bits per heavy atom. The van der Waals surface area contributed by atoms with E-state index in [1.54, 1.807) is 24.3 Å². The molecule has 0 aliphatic rings. The molecular formula is C15H12FNO2. The summed E-state index contributed by atoms with van der Waals surface area (Å²) in [5.74, 6) is -1.76. The first-order chi connectivity index (χ1) is 9.06. The highest BCUT2D eigenvalue weighted by atomic mass is 19.1. The molecular weight excluding hydrogens is 245 g/mol. The lowest BCUT2D eigenvalue weighted by molar-refractivity contribution is -0.112. The van der Waals surface area contributed by atoms with Crippen LogP contribution in [0.25, 0.3) is 0 Å². The molecule has 1 amide bonds. The summed E-state index contributed by atoms with van der Waals surface area (Å²) >= 11 is 0. The van der Waals surface area contributed by atoms with Crippen LogP contribution in [0, 0.1) is 12.7 Å². The third kappa shape index (κ3) is 3.25. The summed E-state index contributed by atoms with van der Waals surface area (Å²) in [6, 6.07) is 11.9. The smallest absolute Gasteiger partial charge is 0.296 e. The molecule has 0 atom stereocenters. The van der Waals surface area contributed by atoms with Crippen LogP contribution in [0.4, 0.5) is 10.1 Å². The van der Waals surface area contributed by atoms with Gasteiger partial charge in [-0.2, -0.15) is 0 Å². The fourth-order valence-corrected chi connectivity index (χ4v) is 1.56. The van der Waals surface area contributed by atoms with Gasteiger partial charge in [0.05, 0.1) is 0 Å². The zero-order chi connectivity index (χ0) is 13.8. The van der Waals surface area contributed by atoms with Crippen LogP contribution < -0.4 is 5.32 Å². The van der Waals surface area contributed by atoms with Crippen LogP contribution in [0.5, 0.6) is 0 Å². The molecule has 0 aliphatic heterocycles. The maximum Gasteiger partial charge on any atom is 0.296 e. The van der Waals surface area contributed by atoms with E-state index in [0.29, 0.717) is 11.3 Å². The maximum absolute atomic E-state index is 12.7. The van der Waals surface area contributed by atoms with Crippen LogP contribution >= 0.6 is 0 Å². The highest BCUT2D eigenvalue weighted by Gasteiger charge is 2.15. The van der Waals surface area contributed by atoms with Gasteiger partial charge < -0.3 is 5.32 Å². The SMILES string of the molecule is Cc1ccc(C(=O)C(=O)Nc2ccc(F)cc2)cc1. The highest BCUT2D eigenvalue weighted by Crippen LogP contribution is 2.10. The molecule has 2 aromatic carbocycles. The topological polar surface area (TPSA) is 46.2 Å². The summed E-state index contributed by atoms with van der Waals surface area (Å²) in [6.07, 6.45) is 0. The van der Waals surface area contributed by atoms with Gasteiger partial charge in [0.1, 0.15) is 5.82 Å². The third-order valence-corrected chi connectivity index (χ3v) is 2.62. The van der Waals surface area contributed by atoms with Gasteiger partial charge in [0.15, 0.2) is 0 Å². The zero-order valence-electron chi connectivity index (χ0n) is 10.3. The molecule has 19 heavy (non-hydrogen) atoms. The van der Waals surface area contributed by atoms with Gasteiger partial charge in [0.2, 0.25) is 0 Å². The minimum Gasteiger partial charge on any atom is -0.319 e. The quantitative estimate of drug-likeness (QED) is 0.678. The number of halogens is 1. The first kappa shape index (κ1) is 13.0. The average molecular weight is 257 g/mol. The van der Waals surface area contributed by atoms with Crippen molar-refractivity contribution < 1.29 is 14.0 Å². The van der Waals surface area contributed by atoms with Crippen LogP contribution in [-0.4, -0.2) is 11.7 Å². The fourth-order valence-electron chi connectivity index (χ4n) is 1.56. The van der Waals surface area contributed by atoms with Gasteiger partial charge in [0.25, 0.3) is 11.7 Å². The molecule has 0 unspecified atom stereocenters. The Morgan fingerprint density at radius 3 is 2.11 bits per heavy atom. The molecule has 0 spiro atoms. The summed E-state index contributed by atoms with van der Waals surface area (Å²) in [5.41, 5.74) is 1.72. The number of amides is 1. The minimum atomic E-state index is -0.740. The number of carbonyl (C=O) groups excluding carboxylic acids is 2. The summed E-state index contributed by atoms with van der Waals surface area (Å²) in [4.78, 5) is 23.6. The summed E-state index contributed by atoms with van der Waals surface area (Å²) in [5, 5.41) is 2.43. The van der Waals surface area contributed by atoms with Gasteiger partial charge in [-0.1, -0.05) is 29.8 Å². The average Bonchev–Trinajstić information content (AvgIpc) is 2.41. The first-order valence-corrected chi connectivity index (χ1v) is 5.74. The standard InChI is InChI=1S/C15H12FNO2/c1-10-2-4-11(5-3-10)14(18)15(19)17-13-8-6-12(16)7-9-13/h2-9H,1H3,(H,17,19). The van der Waals surface area contributed by atoms with E-state index in [4.69, 9.17) is 0 Å². The second-order valence-corrected chi connectivity index (χ2v) is 4.16. The van der Waals surface area contributed by atoms with E-state index in [2.05, 4.69) is 5.32 Å². The van der Waals surface area contributed by atoms with Gasteiger partial charge >= 0.3 is 0 Å². The number of anilines is 1. The molecule has 96 valence electrons. The summed E-state index contributed by atoms with van der Waals surface area (Å²) in [7, 11) is 0. The lowest BCUT2D eigenvalue weighted by atomic mass is 10.1. The molecule has 0 saturated carbocycles. The van der Waals surface area contributed by atoms with E-state index < -0.39 is 17.5 Å². The van der Waals surface area contributed by atoms with Crippen molar-refractivity contribution in [2.45, 2.75) is 6.92 Å². The van der Waals surface area contributed by atoms with E-state index in [1.807, 2.05) is 6.92 Å². The van der Waals surface area contributed by atoms with Crippen molar-refractivity contribution in [2.24, 2.45) is 0 Å². The normalized spacial score (nSPS) is 10.0. The second-order valence-electron chi connectivity index (χ2n) is 4.16. The van der Waals surface area contributed by atoms with Crippen molar-refractivity contribution in [3.8, 4) is 0 Å². The molecule has 1 N–H and O–H groups in total. The van der Waals surface area contributed by atoms with Gasteiger partial charge in [-0.3, -0.25) is 9.59 Å². The lowest BCUT2D eigenvalue weighted by Gasteiger charge is -2.04. The van der Waals surface area contributed by atoms with E-state index in [1.165, 1.54) is 24.3 Å². The number of ketones is 1. The van der Waals surface area contributed by atoms with Gasteiger partial charge in [-0.15, -0.1) is 0 Å². The predicted molar refractivity (Wildman–Crippen MR) is 70.5 cm³/mol. The fraction of sp³-hybridized carbons (Fsp3) is 0.0667. The Hall–Kier alpha value is -2.49. The molecule has 3 nitrogen and oxygen atoms in total. The lowest BCUT2D eigenvalue weighted by Crippen LogP contribution is -2.22. The Balaban J connectivity index is 2.09. The number of hydrogen-bond donors (Lipinski definition) is 1. The van der Waals surface area contributed by atoms with Crippen LogP contribution in [0.3, 0.4) is 0 Å². The number of benzene rings is 2. The Labute approximate surface area is 110 Å². The molecule has 4 heteroatoms. The Morgan fingerprint density at radius 1 is 0.947 bits per heavy atom. The number of hydrogen-bond acceptors (Lipinski definition) is 2. The number of rotatable bonds is 3. The van der Waals surface area contributed by atoms with Crippen molar-refractivity contribution in [3.05, 3.63) is 65.5 Å². The zero-order valence-corrected chi connectivity index (χ0v) is 10.3. The Bertz CT molecular complexity index is 603. The molecule has 0 fully saturated rings. The molecule has 0 saturated heterocycles. The first-order valence-electron chi connectivity index (χ1n) is 5.74. The maximum atomic E-state index is 12.7. The molecule has 2 aromatic rings. The number of aryl methyl sites for hydroxylation is 1. The van der Waals surface area contributed by atoms with E-state index in [9.17, 15) is 14.0 Å². The van der Waals surface area contributed by atoms with Crippen LogP contribution in [0.15, 0.2) is 48.5 Å². The monoisotopic (exact) mass is 257 g/mol. The van der Waals surface area contributed by atoms with Crippen LogP contribution in [0.2, 0.25) is 0 Å². The van der Waals surface area contributed by atoms with E-state index >= 15 is 0 Å². The van der Waals surface area contributed by atoms with E-state index in [0.717, 1.165) is 5.56 Å². The predicted octanol–water partition coefficient (Wildman–Crippen LogP) is 2.96. The minimum absolute atomic E-state index is 0.324. The molecule has 0 heterocycles. The van der Waals surface area contributed by atoms with Crippen molar-refractivity contribution in [3.63, 3.8) is 0 Å². The number of carbonyl (C=O) groups is 2. The van der Waals surface area contributed by atoms with Crippen LogP contribution in [0.1, 0.15) is 15.9 Å². The van der Waals surface area contributed by atoms with Gasteiger partial charge in [-0.25, -0.2) is 4.39 Å². The number of nitrogens with one attached hydrogen (secondary N) is 1. The molecule has 0 aliphatic carbocycles. The third-order valence-electron chi connectivity index (χ3n) is 2.62. The van der Waals surface area contributed by atoms with Gasteiger partial charge in [-0.05, 0) is 31.2 Å². The summed E-state index contributed by atoms with van der Waals surface area (Å²) < 4.78 is 12.7. The molecule has 0 aromatic heterocycles. The largest absolute Gasteiger partial charge is 0.319 e. The van der Waals surface area contributed by atoms with Crippen molar-refractivity contribution in [2.75, 3.05) is 5.32 Å². The highest BCUT2D eigenvalue weighted by molar-refractivity contribution is 6.46. The van der Waals surface area contributed by atoms with Gasteiger partial charge in [0, 0.05) is 11.3 Å². The number of Topliss-reactive ketones (excluding diaryl/α,β-unsaturated/α-hetero) is 1. The van der Waals surface area contributed by atoms with E-state index in [-0.39, 0.29) is 0 Å². The Kier molecular flexibility index (Phi) is 3.71. The van der Waals surface area contributed by atoms with Crippen LogP contribution in [-0.2, 0) is 4.79 Å². The molecule has 0 bridgehead atoms. The van der Waals surface area contributed by atoms with Crippen molar-refractivity contribution in [1.82, 2.24) is 0 Å². The second kappa shape index (κ2) is 5.44. The molecule has 0 radical (unpaired) electrons.